The Labute approximate surface area is 84.6 Å². The maximum Gasteiger partial charge on any atom is 0.357 e. The summed E-state index contributed by atoms with van der Waals surface area (Å²) >= 11 is 1.49. The largest absolute Gasteiger partial charge is 0.476 e. The van der Waals surface area contributed by atoms with Crippen LogP contribution in [0, 0.1) is 0 Å². The molecule has 2 aromatic rings. The average molecular weight is 210 g/mol. The number of fused-ring (bicyclic) bond motifs is 1. The van der Waals surface area contributed by atoms with E-state index in [0.29, 0.717) is 5.92 Å². The van der Waals surface area contributed by atoms with E-state index in [2.05, 4.69) is 24.0 Å². The molecule has 4 nitrogen and oxygen atoms in total. The van der Waals surface area contributed by atoms with Crippen molar-refractivity contribution in [2.45, 2.75) is 19.8 Å². The number of thiophene rings is 1. The fourth-order valence-electron chi connectivity index (χ4n) is 1.27. The Morgan fingerprint density at radius 2 is 2.36 bits per heavy atom. The van der Waals surface area contributed by atoms with Gasteiger partial charge in [0.15, 0.2) is 5.69 Å². The zero-order chi connectivity index (χ0) is 10.3. The molecule has 2 N–H and O–H groups in total. The Bertz CT molecular complexity index is 484. The molecule has 2 rings (SSSR count). The molecular formula is C9H10N2O2S. The lowest BCUT2D eigenvalue weighted by Gasteiger charge is -1.96. The van der Waals surface area contributed by atoms with Gasteiger partial charge in [0.1, 0.15) is 0 Å². The highest BCUT2D eigenvalue weighted by atomic mass is 32.1. The van der Waals surface area contributed by atoms with Gasteiger partial charge in [-0.2, -0.15) is 5.10 Å². The molecule has 0 amide bonds. The number of nitrogens with one attached hydrogen (secondary N) is 1. The van der Waals surface area contributed by atoms with Gasteiger partial charge in [-0.3, -0.25) is 5.10 Å². The molecule has 0 spiro atoms. The van der Waals surface area contributed by atoms with Gasteiger partial charge in [-0.15, -0.1) is 11.3 Å². The summed E-state index contributed by atoms with van der Waals surface area (Å²) in [7, 11) is 0. The Kier molecular flexibility index (Phi) is 2.03. The number of aromatic amines is 1. The molecule has 2 heterocycles. The second-order valence-corrected chi connectivity index (χ2v) is 4.51. The highest BCUT2D eigenvalue weighted by molar-refractivity contribution is 7.19. The van der Waals surface area contributed by atoms with Crippen molar-refractivity contribution in [2.24, 2.45) is 0 Å². The summed E-state index contributed by atoms with van der Waals surface area (Å²) in [5.74, 6) is -0.559. The number of hydrogen-bond acceptors (Lipinski definition) is 3. The van der Waals surface area contributed by atoms with Crippen molar-refractivity contribution in [3.05, 3.63) is 16.6 Å². The molecule has 0 bridgehead atoms. The lowest BCUT2D eigenvalue weighted by molar-refractivity contribution is 0.0692. The van der Waals surface area contributed by atoms with Crippen LogP contribution in [-0.2, 0) is 0 Å². The molecule has 2 aromatic heterocycles. The first-order valence-electron chi connectivity index (χ1n) is 4.30. The fraction of sp³-hybridized carbons (Fsp3) is 0.333. The molecule has 0 aliphatic carbocycles. The topological polar surface area (TPSA) is 66.0 Å². The van der Waals surface area contributed by atoms with Crippen LogP contribution in [-0.4, -0.2) is 21.3 Å². The third-order valence-electron chi connectivity index (χ3n) is 2.03. The SMILES string of the molecule is CC(C)c1cc2[nH]nc(C(=O)O)c2s1. The van der Waals surface area contributed by atoms with E-state index >= 15 is 0 Å². The Balaban J connectivity index is 2.61. The van der Waals surface area contributed by atoms with Crippen molar-refractivity contribution in [1.29, 1.82) is 0 Å². The molecule has 14 heavy (non-hydrogen) atoms. The molecule has 0 unspecified atom stereocenters. The van der Waals surface area contributed by atoms with Crippen LogP contribution in [0.4, 0.5) is 0 Å². The van der Waals surface area contributed by atoms with Crippen LogP contribution in [0.15, 0.2) is 6.07 Å². The minimum atomic E-state index is -0.978. The van der Waals surface area contributed by atoms with Gasteiger partial charge >= 0.3 is 5.97 Å². The second-order valence-electron chi connectivity index (χ2n) is 3.42. The van der Waals surface area contributed by atoms with Gasteiger partial charge in [0.2, 0.25) is 0 Å². The van der Waals surface area contributed by atoms with Gasteiger partial charge in [0.05, 0.1) is 10.2 Å². The van der Waals surface area contributed by atoms with E-state index in [4.69, 9.17) is 5.11 Å². The predicted octanol–water partition coefficient (Wildman–Crippen LogP) is 2.45. The van der Waals surface area contributed by atoms with Crippen molar-refractivity contribution >= 4 is 27.5 Å². The highest BCUT2D eigenvalue weighted by Crippen LogP contribution is 2.31. The van der Waals surface area contributed by atoms with Crippen LogP contribution in [0.2, 0.25) is 0 Å². The Morgan fingerprint density at radius 3 is 2.93 bits per heavy atom. The summed E-state index contributed by atoms with van der Waals surface area (Å²) in [6, 6.07) is 1.96. The molecule has 74 valence electrons. The van der Waals surface area contributed by atoms with E-state index in [9.17, 15) is 4.79 Å². The van der Waals surface area contributed by atoms with Crippen LogP contribution >= 0.6 is 11.3 Å². The molecule has 0 saturated heterocycles. The summed E-state index contributed by atoms with van der Waals surface area (Å²) in [6.45, 7) is 4.16. The first-order chi connectivity index (χ1) is 6.59. The number of aromatic carboxylic acids is 1. The molecule has 0 fully saturated rings. The van der Waals surface area contributed by atoms with E-state index in [1.54, 1.807) is 0 Å². The molecule has 0 aliphatic rings. The van der Waals surface area contributed by atoms with Gasteiger partial charge in [-0.1, -0.05) is 13.8 Å². The van der Waals surface area contributed by atoms with Crippen molar-refractivity contribution in [1.82, 2.24) is 10.2 Å². The molecule has 0 atom stereocenters. The Hall–Kier alpha value is -1.36. The van der Waals surface area contributed by atoms with Gasteiger partial charge < -0.3 is 5.11 Å². The van der Waals surface area contributed by atoms with Gasteiger partial charge in [-0.25, -0.2) is 4.79 Å². The number of carboxylic acids is 1. The number of carboxylic acid groups (broad SMARTS) is 1. The zero-order valence-corrected chi connectivity index (χ0v) is 8.68. The predicted molar refractivity (Wildman–Crippen MR) is 55.0 cm³/mol. The number of aromatic nitrogens is 2. The van der Waals surface area contributed by atoms with Crippen LogP contribution in [0.25, 0.3) is 10.2 Å². The quantitative estimate of drug-likeness (QED) is 0.800. The van der Waals surface area contributed by atoms with E-state index < -0.39 is 5.97 Å². The monoisotopic (exact) mass is 210 g/mol. The van der Waals surface area contributed by atoms with Crippen LogP contribution < -0.4 is 0 Å². The standard InChI is InChI=1S/C9H10N2O2S/c1-4(2)6-3-5-8(14-6)7(9(12)13)11-10-5/h3-4H,1-2H3,(H,10,11)(H,12,13). The number of hydrogen-bond donors (Lipinski definition) is 2. The molecular weight excluding hydrogens is 200 g/mol. The van der Waals surface area contributed by atoms with E-state index in [0.717, 1.165) is 10.2 Å². The summed E-state index contributed by atoms with van der Waals surface area (Å²) in [6.07, 6.45) is 0. The average Bonchev–Trinajstić information content (AvgIpc) is 2.58. The van der Waals surface area contributed by atoms with Gasteiger partial charge in [-0.05, 0) is 12.0 Å². The number of carbonyl (C=O) groups is 1. The van der Waals surface area contributed by atoms with Gasteiger partial charge in [0.25, 0.3) is 0 Å². The number of nitrogens with zero attached hydrogens (tertiary/aromatic N) is 1. The summed E-state index contributed by atoms with van der Waals surface area (Å²) in [5.41, 5.74) is 0.938. The molecule has 5 heteroatoms. The van der Waals surface area contributed by atoms with E-state index in [-0.39, 0.29) is 5.69 Å². The molecule has 0 radical (unpaired) electrons. The Morgan fingerprint density at radius 1 is 1.64 bits per heavy atom. The first-order valence-corrected chi connectivity index (χ1v) is 5.12. The molecule has 0 saturated carbocycles. The lowest BCUT2D eigenvalue weighted by Crippen LogP contribution is -1.96. The molecule has 0 aliphatic heterocycles. The van der Waals surface area contributed by atoms with Crippen LogP contribution in [0.5, 0.6) is 0 Å². The minimum Gasteiger partial charge on any atom is -0.476 e. The number of rotatable bonds is 2. The maximum absolute atomic E-state index is 10.8. The maximum atomic E-state index is 10.8. The van der Waals surface area contributed by atoms with E-state index in [1.807, 2.05) is 6.07 Å². The van der Waals surface area contributed by atoms with Crippen molar-refractivity contribution < 1.29 is 9.90 Å². The fourth-order valence-corrected chi connectivity index (χ4v) is 2.36. The zero-order valence-electron chi connectivity index (χ0n) is 7.87. The third kappa shape index (κ3) is 1.29. The summed E-state index contributed by atoms with van der Waals surface area (Å²) < 4.78 is 0.737. The van der Waals surface area contributed by atoms with Crippen molar-refractivity contribution in [2.75, 3.05) is 0 Å². The lowest BCUT2D eigenvalue weighted by atomic mass is 10.2. The van der Waals surface area contributed by atoms with Crippen LogP contribution in [0.1, 0.15) is 35.1 Å². The highest BCUT2D eigenvalue weighted by Gasteiger charge is 2.16. The van der Waals surface area contributed by atoms with Crippen molar-refractivity contribution in [3.8, 4) is 0 Å². The van der Waals surface area contributed by atoms with Crippen LogP contribution in [0.3, 0.4) is 0 Å². The minimum absolute atomic E-state index is 0.122. The van der Waals surface area contributed by atoms with Gasteiger partial charge in [0, 0.05) is 4.88 Å². The smallest absolute Gasteiger partial charge is 0.357 e. The normalized spacial score (nSPS) is 11.4. The van der Waals surface area contributed by atoms with E-state index in [1.165, 1.54) is 16.2 Å². The summed E-state index contributed by atoms with van der Waals surface area (Å²) in [5, 5.41) is 15.3. The molecule has 0 aromatic carbocycles. The summed E-state index contributed by atoms with van der Waals surface area (Å²) in [4.78, 5) is 12.0. The number of H-pyrrole nitrogens is 1. The van der Waals surface area contributed by atoms with Crippen molar-refractivity contribution in [3.63, 3.8) is 0 Å². The second kappa shape index (κ2) is 3.09. The third-order valence-corrected chi connectivity index (χ3v) is 3.47. The first kappa shape index (κ1) is 9.21.